The lowest BCUT2D eigenvalue weighted by atomic mass is 10.1. The van der Waals surface area contributed by atoms with E-state index in [9.17, 15) is 13.6 Å². The fraction of sp³-hybridized carbons (Fsp3) is 0.146. The van der Waals surface area contributed by atoms with E-state index in [4.69, 9.17) is 5.73 Å². The van der Waals surface area contributed by atoms with E-state index in [0.717, 1.165) is 41.8 Å². The van der Waals surface area contributed by atoms with Crippen LogP contribution in [0.1, 0.15) is 12.8 Å². The van der Waals surface area contributed by atoms with Crippen LogP contribution in [0.15, 0.2) is 122 Å². The number of nitrogens with one attached hydrogen (secondary N) is 2. The minimum absolute atomic E-state index is 0. The molecule has 8 aromatic rings. The number of carbonyl (C=O) groups excluding carboxylic acids is 1. The maximum absolute atomic E-state index is 14.5. The van der Waals surface area contributed by atoms with Crippen molar-refractivity contribution in [1.82, 2.24) is 49.4 Å². The maximum Gasteiger partial charge on any atom is 0.321 e. The minimum Gasteiger partial charge on any atom is -1.00 e. The lowest BCUT2D eigenvalue weighted by molar-refractivity contribution is -0.0000161. The Morgan fingerprint density at radius 2 is 1.16 bits per heavy atom. The van der Waals surface area contributed by atoms with E-state index in [1.54, 1.807) is 27.9 Å². The summed E-state index contributed by atoms with van der Waals surface area (Å²) >= 11 is 0. The van der Waals surface area contributed by atoms with E-state index in [2.05, 4.69) is 40.8 Å². The molecule has 10 rings (SSSR count). The highest BCUT2D eigenvalue weighted by Gasteiger charge is 2.21. The smallest absolute Gasteiger partial charge is 0.321 e. The second-order valence-corrected chi connectivity index (χ2v) is 13.1. The molecule has 2 amide bonds. The first-order valence-electron chi connectivity index (χ1n) is 18.1. The molecule has 0 spiro atoms. The summed E-state index contributed by atoms with van der Waals surface area (Å²) in [7, 11) is 0. The zero-order valence-corrected chi connectivity index (χ0v) is 32.6. The number of halogens is 3. The highest BCUT2D eigenvalue weighted by Crippen LogP contribution is 2.26. The number of nitrogen functional groups attached to an aromatic ring is 1. The lowest BCUT2D eigenvalue weighted by Gasteiger charge is -2.30. The van der Waals surface area contributed by atoms with Gasteiger partial charge >= 0.3 is 6.03 Å². The molecule has 0 unspecified atom stereocenters. The Morgan fingerprint density at radius 3 is 1.63 bits per heavy atom. The fourth-order valence-corrected chi connectivity index (χ4v) is 5.74. The summed E-state index contributed by atoms with van der Waals surface area (Å²) in [4.78, 5) is 31.0. The van der Waals surface area contributed by atoms with E-state index in [0.29, 0.717) is 22.9 Å². The molecule has 4 N–H and O–H groups in total. The molecule has 16 heteroatoms. The largest absolute Gasteiger partial charge is 1.00 e. The van der Waals surface area contributed by atoms with Gasteiger partial charge in [0.1, 0.15) is 11.6 Å². The number of rotatable bonds is 5. The van der Waals surface area contributed by atoms with Gasteiger partial charge in [0.2, 0.25) is 0 Å². The second kappa shape index (κ2) is 17.6. The molecule has 0 saturated carbocycles. The van der Waals surface area contributed by atoms with Gasteiger partial charge in [0.05, 0.1) is 11.1 Å². The van der Waals surface area contributed by atoms with Gasteiger partial charge in [-0.2, -0.15) is 9.97 Å². The average molecular weight is 878 g/mol. The van der Waals surface area contributed by atoms with Crippen molar-refractivity contribution in [2.75, 3.05) is 37.2 Å². The summed E-state index contributed by atoms with van der Waals surface area (Å²) in [6, 6.07) is 28.1. The number of fused-ring (bicyclic) bond motifs is 2. The maximum atomic E-state index is 14.5. The zero-order valence-electron chi connectivity index (χ0n) is 30.4. The van der Waals surface area contributed by atoms with Crippen molar-refractivity contribution in [3.63, 3.8) is 0 Å². The van der Waals surface area contributed by atoms with Crippen LogP contribution in [-0.4, -0.2) is 76.3 Å². The third-order valence-corrected chi connectivity index (χ3v) is 9.14. The molecule has 4 aromatic carbocycles. The molecule has 2 aliphatic heterocycles. The zero-order chi connectivity index (χ0) is 38.4. The first-order chi connectivity index (χ1) is 27.4. The van der Waals surface area contributed by atoms with Gasteiger partial charge in [0.15, 0.2) is 11.6 Å². The van der Waals surface area contributed by atoms with Gasteiger partial charge in [0.25, 0.3) is 11.6 Å². The summed E-state index contributed by atoms with van der Waals surface area (Å²) < 4.78 is 31.5. The standard InChI is InChI=1S/C21H17FN6O.C17H12FN5.C3H7N.HI/c22-18-8-7-16(24-21(29)27-9-4-10-27)11-17(18)19-25-20-23-12-15(13-28(20)26-19)14-5-2-1-3-6-14;18-15-7-6-13(19)8-14(15)16-21-17-20-9-12(10-23(17)22-16)11-4-2-1-3-5-11;1-2-4-3-1;/h1-3,5-8,11-13H,4,9-10H2,(H,24,29);1-10H,19H2;4H,1-3H2;1H/p-1. The Kier molecular flexibility index (Phi) is 12.0. The number of likely N-dealkylation sites (tertiary alicyclic amines) is 1. The Balaban J connectivity index is 0.000000159. The van der Waals surface area contributed by atoms with Gasteiger partial charge in [-0.15, -0.1) is 10.2 Å². The van der Waals surface area contributed by atoms with Crippen LogP contribution in [-0.2, 0) is 0 Å². The molecule has 0 atom stereocenters. The molecule has 13 nitrogen and oxygen atoms in total. The number of urea groups is 1. The van der Waals surface area contributed by atoms with Crippen LogP contribution in [0.2, 0.25) is 0 Å². The van der Waals surface area contributed by atoms with Crippen molar-refractivity contribution in [2.24, 2.45) is 0 Å². The molecule has 0 radical (unpaired) electrons. The summed E-state index contributed by atoms with van der Waals surface area (Å²) in [5.74, 6) is 0.355. The first-order valence-corrected chi connectivity index (χ1v) is 18.1. The van der Waals surface area contributed by atoms with Crippen molar-refractivity contribution < 1.29 is 37.6 Å². The summed E-state index contributed by atoms with van der Waals surface area (Å²) in [6.07, 6.45) is 9.45. The lowest BCUT2D eigenvalue weighted by Crippen LogP contribution is -3.00. The van der Waals surface area contributed by atoms with Crippen molar-refractivity contribution in [3.8, 4) is 45.0 Å². The predicted octanol–water partition coefficient (Wildman–Crippen LogP) is 4.00. The molecule has 2 saturated heterocycles. The number of anilines is 2. The molecule has 0 bridgehead atoms. The Bertz CT molecular complexity index is 2630. The van der Waals surface area contributed by atoms with E-state index in [1.807, 2.05) is 73.1 Å². The third-order valence-electron chi connectivity index (χ3n) is 9.14. The highest BCUT2D eigenvalue weighted by atomic mass is 127. The van der Waals surface area contributed by atoms with Crippen LogP contribution in [0.5, 0.6) is 0 Å². The predicted molar refractivity (Wildman–Crippen MR) is 210 cm³/mol. The van der Waals surface area contributed by atoms with Gasteiger partial charge in [-0.25, -0.2) is 32.6 Å². The van der Waals surface area contributed by atoms with Crippen LogP contribution < -0.4 is 40.3 Å². The van der Waals surface area contributed by atoms with Crippen LogP contribution in [0.4, 0.5) is 25.0 Å². The van der Waals surface area contributed by atoms with Gasteiger partial charge in [0, 0.05) is 60.4 Å². The molecule has 6 heterocycles. The Hall–Kier alpha value is -6.40. The number of nitrogens with zero attached hydrogens (tertiary/aromatic N) is 9. The third kappa shape index (κ3) is 9.02. The summed E-state index contributed by atoms with van der Waals surface area (Å²) in [6.45, 7) is 3.98. The summed E-state index contributed by atoms with van der Waals surface area (Å²) in [5, 5.41) is 14.6. The SMILES string of the molecule is C1CNC1.Nc1ccc(F)c(-c2nc3ncc(-c4ccccc4)cn3n2)c1.O=C(Nc1ccc(F)c(-c2nc3ncc(-c4ccccc4)cn3n2)c1)N1CCC1.[I-]. The van der Waals surface area contributed by atoms with Crippen LogP contribution in [0.3, 0.4) is 0 Å². The minimum atomic E-state index is -0.467. The molecular formula is C41H36F2IN12O-. The topological polar surface area (TPSA) is 157 Å². The van der Waals surface area contributed by atoms with E-state index in [1.165, 1.54) is 54.4 Å². The molecular weight excluding hydrogens is 841 g/mol. The Labute approximate surface area is 343 Å². The van der Waals surface area contributed by atoms with E-state index >= 15 is 0 Å². The number of nitrogens with two attached hydrogens (primary N) is 1. The molecule has 4 aromatic heterocycles. The van der Waals surface area contributed by atoms with E-state index < -0.39 is 11.6 Å². The van der Waals surface area contributed by atoms with Gasteiger partial charge in [-0.3, -0.25) is 0 Å². The first kappa shape index (κ1) is 38.9. The molecule has 57 heavy (non-hydrogen) atoms. The van der Waals surface area contributed by atoms with Crippen LogP contribution in [0.25, 0.3) is 56.6 Å². The molecule has 2 aliphatic rings. The quantitative estimate of drug-likeness (QED) is 0.172. The normalized spacial score (nSPS) is 12.9. The number of hydrogen-bond acceptors (Lipinski definition) is 9. The number of amides is 2. The van der Waals surface area contributed by atoms with Crippen molar-refractivity contribution in [3.05, 3.63) is 133 Å². The van der Waals surface area contributed by atoms with Crippen molar-refractivity contribution in [2.45, 2.75) is 12.8 Å². The summed E-state index contributed by atoms with van der Waals surface area (Å²) in [5.41, 5.74) is 10.9. The molecule has 0 aliphatic carbocycles. The van der Waals surface area contributed by atoms with Gasteiger partial charge in [-0.1, -0.05) is 60.7 Å². The second-order valence-electron chi connectivity index (χ2n) is 13.1. The number of aromatic nitrogens is 8. The average Bonchev–Trinajstić information content (AvgIpc) is 3.80. The van der Waals surface area contributed by atoms with E-state index in [-0.39, 0.29) is 52.8 Å². The van der Waals surface area contributed by atoms with Crippen molar-refractivity contribution >= 4 is 29.0 Å². The number of hydrogen-bond donors (Lipinski definition) is 3. The van der Waals surface area contributed by atoms with Gasteiger partial charge in [-0.05, 0) is 73.5 Å². The van der Waals surface area contributed by atoms with Gasteiger partial charge < -0.3 is 45.2 Å². The van der Waals surface area contributed by atoms with Crippen LogP contribution in [0, 0.1) is 11.6 Å². The Morgan fingerprint density at radius 1 is 0.667 bits per heavy atom. The molecule has 2 fully saturated rings. The monoisotopic (exact) mass is 877 g/mol. The number of benzene rings is 4. The fourth-order valence-electron chi connectivity index (χ4n) is 5.74. The highest BCUT2D eigenvalue weighted by molar-refractivity contribution is 5.90. The number of carbonyl (C=O) groups is 1. The van der Waals surface area contributed by atoms with Crippen molar-refractivity contribution in [1.29, 1.82) is 0 Å². The molecule has 288 valence electrons. The van der Waals surface area contributed by atoms with Crippen LogP contribution >= 0.6 is 0 Å².